The third-order valence-corrected chi connectivity index (χ3v) is 4.54. The summed E-state index contributed by atoms with van der Waals surface area (Å²) in [6, 6.07) is 9.89. The molecule has 0 bridgehead atoms. The Hall–Kier alpha value is -0.680. The Morgan fingerprint density at radius 2 is 1.76 bits per heavy atom. The van der Waals surface area contributed by atoms with E-state index in [4.69, 9.17) is 0 Å². The fourth-order valence-electron chi connectivity index (χ4n) is 2.50. The zero-order chi connectivity index (χ0) is 15.8. The minimum Gasteiger partial charge on any atom is -0.316 e. The number of nitrogens with one attached hydrogen (secondary N) is 1. The Kier molecular flexibility index (Phi) is 7.60. The normalized spacial score (nSPS) is 14.9. The molecule has 21 heavy (non-hydrogen) atoms. The fourth-order valence-corrected chi connectivity index (χ4v) is 3.22. The van der Waals surface area contributed by atoms with Crippen LogP contribution in [0.2, 0.25) is 0 Å². The van der Waals surface area contributed by atoms with Gasteiger partial charge < -0.3 is 5.32 Å². The number of hydrogen-bond donors (Lipinski definition) is 1. The molecule has 5 heteroatoms. The van der Waals surface area contributed by atoms with Crippen LogP contribution in [-0.2, 0) is 5.41 Å². The summed E-state index contributed by atoms with van der Waals surface area (Å²) < 4.78 is 37.2. The summed E-state index contributed by atoms with van der Waals surface area (Å²) in [6.07, 6.45) is 2.37. The second kappa shape index (κ2) is 8.69. The van der Waals surface area contributed by atoms with Crippen molar-refractivity contribution in [2.24, 2.45) is 0 Å². The molecule has 1 nitrogen and oxygen atoms in total. The molecule has 0 aliphatic rings. The Morgan fingerprint density at radius 1 is 1.10 bits per heavy atom. The maximum absolute atomic E-state index is 12.4. The summed E-state index contributed by atoms with van der Waals surface area (Å²) in [6.45, 7) is 5.75. The highest BCUT2D eigenvalue weighted by molar-refractivity contribution is 8.00. The fraction of sp³-hybridized carbons (Fsp3) is 0.625. The maximum atomic E-state index is 12.4. The van der Waals surface area contributed by atoms with Gasteiger partial charge in [-0.25, -0.2) is 0 Å². The van der Waals surface area contributed by atoms with Crippen molar-refractivity contribution in [3.63, 3.8) is 0 Å². The Balaban J connectivity index is 2.81. The summed E-state index contributed by atoms with van der Waals surface area (Å²) in [5.41, 5.74) is -3.25. The van der Waals surface area contributed by atoms with Gasteiger partial charge in [0.15, 0.2) is 0 Å². The molecule has 0 aliphatic heterocycles. The molecule has 1 atom stereocenters. The molecule has 120 valence electrons. The van der Waals surface area contributed by atoms with Crippen LogP contribution in [0.3, 0.4) is 0 Å². The molecule has 1 rings (SSSR count). The number of thioether (sulfide) groups is 1. The van der Waals surface area contributed by atoms with Crippen LogP contribution in [0.5, 0.6) is 0 Å². The summed E-state index contributed by atoms with van der Waals surface area (Å²) in [5.74, 6) is 0.0973. The van der Waals surface area contributed by atoms with Crippen LogP contribution in [0.1, 0.15) is 38.7 Å². The quantitative estimate of drug-likeness (QED) is 0.644. The minimum atomic E-state index is -4.15. The predicted octanol–water partition coefficient (Wildman–Crippen LogP) is 4.98. The number of halogens is 3. The van der Waals surface area contributed by atoms with Gasteiger partial charge in [0.05, 0.1) is 0 Å². The zero-order valence-electron chi connectivity index (χ0n) is 12.7. The van der Waals surface area contributed by atoms with Gasteiger partial charge >= 0.3 is 5.51 Å². The van der Waals surface area contributed by atoms with E-state index >= 15 is 0 Å². The first-order valence-corrected chi connectivity index (χ1v) is 8.39. The van der Waals surface area contributed by atoms with Gasteiger partial charge in [0.2, 0.25) is 0 Å². The van der Waals surface area contributed by atoms with Crippen LogP contribution in [0.4, 0.5) is 13.2 Å². The molecule has 0 saturated carbocycles. The molecular weight excluding hydrogens is 295 g/mol. The van der Waals surface area contributed by atoms with E-state index in [2.05, 4.69) is 19.2 Å². The second-order valence-corrected chi connectivity index (χ2v) is 6.38. The first-order valence-electron chi connectivity index (χ1n) is 7.40. The van der Waals surface area contributed by atoms with Crippen LogP contribution in [-0.4, -0.2) is 24.4 Å². The van der Waals surface area contributed by atoms with Crippen LogP contribution in [0.15, 0.2) is 30.3 Å². The van der Waals surface area contributed by atoms with E-state index in [0.29, 0.717) is 6.42 Å². The first-order chi connectivity index (χ1) is 9.93. The lowest BCUT2D eigenvalue weighted by Crippen LogP contribution is -2.39. The Bertz CT molecular complexity index is 394. The van der Waals surface area contributed by atoms with E-state index in [-0.39, 0.29) is 22.9 Å². The number of alkyl halides is 3. The third-order valence-electron chi connectivity index (χ3n) is 3.80. The van der Waals surface area contributed by atoms with Crippen molar-refractivity contribution in [3.05, 3.63) is 35.9 Å². The van der Waals surface area contributed by atoms with Gasteiger partial charge in [0, 0.05) is 17.7 Å². The van der Waals surface area contributed by atoms with Crippen molar-refractivity contribution >= 4 is 11.8 Å². The third kappa shape index (κ3) is 6.30. The maximum Gasteiger partial charge on any atom is 0.441 e. The van der Waals surface area contributed by atoms with Crippen molar-refractivity contribution in [1.29, 1.82) is 0 Å². The predicted molar refractivity (Wildman–Crippen MR) is 84.7 cm³/mol. The van der Waals surface area contributed by atoms with E-state index in [1.165, 1.54) is 0 Å². The average molecular weight is 319 g/mol. The minimum absolute atomic E-state index is 0.0819. The lowest BCUT2D eigenvalue weighted by Gasteiger charge is -2.34. The van der Waals surface area contributed by atoms with Crippen molar-refractivity contribution in [1.82, 2.24) is 5.32 Å². The van der Waals surface area contributed by atoms with Crippen LogP contribution in [0.25, 0.3) is 0 Å². The molecule has 1 unspecified atom stereocenters. The van der Waals surface area contributed by atoms with E-state index < -0.39 is 5.51 Å². The molecule has 0 saturated heterocycles. The summed E-state index contributed by atoms with van der Waals surface area (Å²) in [5, 5.41) is 3.38. The van der Waals surface area contributed by atoms with Crippen molar-refractivity contribution < 1.29 is 13.2 Å². The van der Waals surface area contributed by atoms with Crippen molar-refractivity contribution in [3.8, 4) is 0 Å². The van der Waals surface area contributed by atoms with Gasteiger partial charge in [-0.1, -0.05) is 55.9 Å². The topological polar surface area (TPSA) is 12.0 Å². The number of benzene rings is 1. The molecule has 1 aromatic carbocycles. The smallest absolute Gasteiger partial charge is 0.316 e. The van der Waals surface area contributed by atoms with Gasteiger partial charge in [-0.3, -0.25) is 0 Å². The van der Waals surface area contributed by atoms with Gasteiger partial charge in [-0.15, -0.1) is 0 Å². The number of hydrogen-bond acceptors (Lipinski definition) is 2. The van der Waals surface area contributed by atoms with E-state index in [9.17, 15) is 13.2 Å². The summed E-state index contributed by atoms with van der Waals surface area (Å²) in [4.78, 5) is 0. The highest BCUT2D eigenvalue weighted by Crippen LogP contribution is 2.37. The van der Waals surface area contributed by atoms with Gasteiger partial charge in [0.25, 0.3) is 0 Å². The van der Waals surface area contributed by atoms with E-state index in [0.717, 1.165) is 31.5 Å². The SMILES string of the molecule is CCCNCC(CC)(CCSC(F)(F)F)c1ccccc1. The lowest BCUT2D eigenvalue weighted by atomic mass is 9.75. The summed E-state index contributed by atoms with van der Waals surface area (Å²) in [7, 11) is 0. The molecule has 1 N–H and O–H groups in total. The molecule has 1 aromatic rings. The average Bonchev–Trinajstić information content (AvgIpc) is 2.45. The molecular formula is C16H24F3NS. The summed E-state index contributed by atoms with van der Waals surface area (Å²) >= 11 is 0.0819. The number of rotatable bonds is 9. The van der Waals surface area contributed by atoms with E-state index in [1.807, 2.05) is 30.3 Å². The van der Waals surface area contributed by atoms with Gasteiger partial charge in [-0.2, -0.15) is 13.2 Å². The standard InChI is InChI=1S/C16H24F3NS/c1-3-11-20-13-15(4-2,10-12-21-16(17,18)19)14-8-6-5-7-9-14/h5-9,20H,3-4,10-13H2,1-2H3. The Morgan fingerprint density at radius 3 is 2.29 bits per heavy atom. The highest BCUT2D eigenvalue weighted by Gasteiger charge is 2.33. The van der Waals surface area contributed by atoms with Crippen LogP contribution >= 0.6 is 11.8 Å². The highest BCUT2D eigenvalue weighted by atomic mass is 32.2. The zero-order valence-corrected chi connectivity index (χ0v) is 13.5. The molecule has 0 aromatic heterocycles. The molecule has 0 amide bonds. The first kappa shape index (κ1) is 18.4. The van der Waals surface area contributed by atoms with E-state index in [1.54, 1.807) is 0 Å². The monoisotopic (exact) mass is 319 g/mol. The molecule has 0 aliphatic carbocycles. The van der Waals surface area contributed by atoms with Crippen molar-refractivity contribution in [2.75, 3.05) is 18.8 Å². The largest absolute Gasteiger partial charge is 0.441 e. The van der Waals surface area contributed by atoms with Crippen molar-refractivity contribution in [2.45, 2.75) is 44.0 Å². The second-order valence-electron chi connectivity index (χ2n) is 5.22. The molecule has 0 heterocycles. The van der Waals surface area contributed by atoms with Crippen LogP contribution < -0.4 is 5.32 Å². The lowest BCUT2D eigenvalue weighted by molar-refractivity contribution is -0.0328. The molecule has 0 spiro atoms. The van der Waals surface area contributed by atoms with Gasteiger partial charge in [0.1, 0.15) is 0 Å². The Labute approximate surface area is 129 Å². The van der Waals surface area contributed by atoms with Crippen LogP contribution in [0, 0.1) is 0 Å². The molecule has 0 radical (unpaired) electrons. The van der Waals surface area contributed by atoms with Gasteiger partial charge in [-0.05, 0) is 31.4 Å². The molecule has 0 fully saturated rings.